The summed E-state index contributed by atoms with van der Waals surface area (Å²) in [5.74, 6) is 1.04. The average molecular weight is 255 g/mol. The molecular formula is C14H25NO3. The Hall–Kier alpha value is -0.610. The second-order valence-corrected chi connectivity index (χ2v) is 6.02. The first-order valence-corrected chi connectivity index (χ1v) is 6.98. The molecule has 1 unspecified atom stereocenters. The summed E-state index contributed by atoms with van der Waals surface area (Å²) in [5, 5.41) is 0. The van der Waals surface area contributed by atoms with E-state index in [4.69, 9.17) is 9.47 Å². The van der Waals surface area contributed by atoms with Crippen molar-refractivity contribution >= 4 is 5.91 Å². The second kappa shape index (κ2) is 5.57. The number of rotatable bonds is 4. The van der Waals surface area contributed by atoms with Crippen LogP contribution in [0.1, 0.15) is 33.1 Å². The van der Waals surface area contributed by atoms with Gasteiger partial charge < -0.3 is 14.4 Å². The minimum Gasteiger partial charge on any atom is -0.385 e. The fourth-order valence-corrected chi connectivity index (χ4v) is 3.05. The van der Waals surface area contributed by atoms with Gasteiger partial charge in [0.15, 0.2) is 0 Å². The van der Waals surface area contributed by atoms with Gasteiger partial charge in [-0.2, -0.15) is 0 Å². The number of carbonyl (C=O) groups excluding carboxylic acids is 1. The first-order chi connectivity index (χ1) is 8.56. The van der Waals surface area contributed by atoms with Gasteiger partial charge in [-0.05, 0) is 25.2 Å². The summed E-state index contributed by atoms with van der Waals surface area (Å²) in [6.07, 6.45) is 3.32. The molecule has 0 bridgehead atoms. The van der Waals surface area contributed by atoms with Gasteiger partial charge in [-0.25, -0.2) is 0 Å². The second-order valence-electron chi connectivity index (χ2n) is 6.02. The molecule has 18 heavy (non-hydrogen) atoms. The summed E-state index contributed by atoms with van der Waals surface area (Å²) in [5.41, 5.74) is -0.0405. The van der Waals surface area contributed by atoms with Crippen molar-refractivity contribution in [3.63, 3.8) is 0 Å². The molecule has 0 aromatic heterocycles. The Morgan fingerprint density at radius 3 is 2.83 bits per heavy atom. The van der Waals surface area contributed by atoms with E-state index in [1.54, 1.807) is 7.11 Å². The van der Waals surface area contributed by atoms with Crippen molar-refractivity contribution in [2.24, 2.45) is 11.8 Å². The molecule has 2 fully saturated rings. The summed E-state index contributed by atoms with van der Waals surface area (Å²) in [7, 11) is 1.75. The SMILES string of the molecule is COCCC1CCOC2(C1)CN(C(=O)C(C)C)C2. The van der Waals surface area contributed by atoms with Crippen molar-refractivity contribution in [3.8, 4) is 0 Å². The Bertz CT molecular complexity index is 297. The highest BCUT2D eigenvalue weighted by Crippen LogP contribution is 2.38. The molecular weight excluding hydrogens is 230 g/mol. The van der Waals surface area contributed by atoms with E-state index in [1.807, 2.05) is 18.7 Å². The van der Waals surface area contributed by atoms with Crippen LogP contribution in [0.15, 0.2) is 0 Å². The average Bonchev–Trinajstić information content (AvgIpc) is 2.32. The van der Waals surface area contributed by atoms with Gasteiger partial charge in [-0.1, -0.05) is 13.8 Å². The minimum atomic E-state index is -0.0405. The minimum absolute atomic E-state index is 0.0405. The lowest BCUT2D eigenvalue weighted by molar-refractivity contribution is -0.191. The van der Waals surface area contributed by atoms with Crippen LogP contribution in [-0.4, -0.2) is 49.8 Å². The summed E-state index contributed by atoms with van der Waals surface area (Å²) < 4.78 is 11.1. The molecule has 2 saturated heterocycles. The lowest BCUT2D eigenvalue weighted by Crippen LogP contribution is -2.67. The van der Waals surface area contributed by atoms with Gasteiger partial charge in [-0.3, -0.25) is 4.79 Å². The Balaban J connectivity index is 1.82. The predicted molar refractivity (Wildman–Crippen MR) is 69.3 cm³/mol. The summed E-state index contributed by atoms with van der Waals surface area (Å²) in [4.78, 5) is 13.8. The molecule has 2 heterocycles. The Morgan fingerprint density at radius 1 is 1.50 bits per heavy atom. The molecule has 4 nitrogen and oxygen atoms in total. The summed E-state index contributed by atoms with van der Waals surface area (Å²) in [6, 6.07) is 0. The van der Waals surface area contributed by atoms with E-state index in [0.717, 1.165) is 45.6 Å². The summed E-state index contributed by atoms with van der Waals surface area (Å²) >= 11 is 0. The third kappa shape index (κ3) is 2.86. The smallest absolute Gasteiger partial charge is 0.225 e. The fourth-order valence-electron chi connectivity index (χ4n) is 3.05. The van der Waals surface area contributed by atoms with E-state index >= 15 is 0 Å². The molecule has 0 saturated carbocycles. The molecule has 4 heteroatoms. The molecule has 104 valence electrons. The Morgan fingerprint density at radius 2 is 2.22 bits per heavy atom. The maximum atomic E-state index is 11.9. The lowest BCUT2D eigenvalue weighted by atomic mass is 9.79. The predicted octanol–water partition coefficient (Wildman–Crippen LogP) is 1.69. The molecule has 2 aliphatic heterocycles. The number of ether oxygens (including phenoxy) is 2. The van der Waals surface area contributed by atoms with Crippen LogP contribution in [-0.2, 0) is 14.3 Å². The topological polar surface area (TPSA) is 38.8 Å². The Labute approximate surface area is 110 Å². The van der Waals surface area contributed by atoms with Crippen LogP contribution in [0.2, 0.25) is 0 Å². The van der Waals surface area contributed by atoms with Crippen molar-refractivity contribution in [1.82, 2.24) is 4.90 Å². The first-order valence-electron chi connectivity index (χ1n) is 6.98. The van der Waals surface area contributed by atoms with Crippen LogP contribution in [0.25, 0.3) is 0 Å². The van der Waals surface area contributed by atoms with Gasteiger partial charge in [0, 0.05) is 26.2 Å². The zero-order valence-corrected chi connectivity index (χ0v) is 11.8. The van der Waals surface area contributed by atoms with Crippen LogP contribution < -0.4 is 0 Å². The van der Waals surface area contributed by atoms with Crippen LogP contribution in [0, 0.1) is 11.8 Å². The molecule has 0 aromatic rings. The quantitative estimate of drug-likeness (QED) is 0.767. The van der Waals surface area contributed by atoms with Gasteiger partial charge >= 0.3 is 0 Å². The summed E-state index contributed by atoms with van der Waals surface area (Å²) in [6.45, 7) is 7.14. The maximum Gasteiger partial charge on any atom is 0.225 e. The van der Waals surface area contributed by atoms with Crippen LogP contribution in [0.5, 0.6) is 0 Å². The van der Waals surface area contributed by atoms with E-state index in [9.17, 15) is 4.79 Å². The molecule has 0 radical (unpaired) electrons. The number of nitrogens with zero attached hydrogens (tertiary/aromatic N) is 1. The van der Waals surface area contributed by atoms with Crippen molar-refractivity contribution in [1.29, 1.82) is 0 Å². The van der Waals surface area contributed by atoms with Crippen LogP contribution >= 0.6 is 0 Å². The molecule has 0 aromatic carbocycles. The van der Waals surface area contributed by atoms with Gasteiger partial charge in [0.2, 0.25) is 5.91 Å². The van der Waals surface area contributed by atoms with Crippen molar-refractivity contribution in [2.45, 2.75) is 38.7 Å². The molecule has 1 spiro atoms. The first kappa shape index (κ1) is 13.8. The Kier molecular flexibility index (Phi) is 4.28. The number of methoxy groups -OCH3 is 1. The van der Waals surface area contributed by atoms with E-state index < -0.39 is 0 Å². The van der Waals surface area contributed by atoms with Crippen LogP contribution in [0.4, 0.5) is 0 Å². The highest BCUT2D eigenvalue weighted by atomic mass is 16.5. The van der Waals surface area contributed by atoms with Gasteiger partial charge in [0.25, 0.3) is 0 Å². The molecule has 2 aliphatic rings. The molecule has 1 amide bonds. The van der Waals surface area contributed by atoms with Crippen molar-refractivity contribution in [3.05, 3.63) is 0 Å². The number of carbonyl (C=O) groups is 1. The number of hydrogen-bond acceptors (Lipinski definition) is 3. The standard InChI is InChI=1S/C14H25NO3/c1-11(2)13(16)15-9-14(10-15)8-12(4-6-17-3)5-7-18-14/h11-12H,4-10H2,1-3H3. The van der Waals surface area contributed by atoms with E-state index in [-0.39, 0.29) is 17.4 Å². The monoisotopic (exact) mass is 255 g/mol. The van der Waals surface area contributed by atoms with Crippen molar-refractivity contribution < 1.29 is 14.3 Å². The zero-order valence-electron chi connectivity index (χ0n) is 11.8. The van der Waals surface area contributed by atoms with Crippen LogP contribution in [0.3, 0.4) is 0 Å². The number of likely N-dealkylation sites (tertiary alicyclic amines) is 1. The molecule has 0 N–H and O–H groups in total. The largest absolute Gasteiger partial charge is 0.385 e. The van der Waals surface area contributed by atoms with E-state index in [0.29, 0.717) is 5.92 Å². The number of hydrogen-bond donors (Lipinski definition) is 0. The normalized spacial score (nSPS) is 26.4. The van der Waals surface area contributed by atoms with E-state index in [2.05, 4.69) is 0 Å². The van der Waals surface area contributed by atoms with E-state index in [1.165, 1.54) is 0 Å². The molecule has 1 atom stereocenters. The number of amides is 1. The fraction of sp³-hybridized carbons (Fsp3) is 0.929. The van der Waals surface area contributed by atoms with Gasteiger partial charge in [0.05, 0.1) is 13.1 Å². The maximum absolute atomic E-state index is 11.9. The van der Waals surface area contributed by atoms with Crippen molar-refractivity contribution in [2.75, 3.05) is 33.4 Å². The van der Waals surface area contributed by atoms with Gasteiger partial charge in [-0.15, -0.1) is 0 Å². The highest BCUT2D eigenvalue weighted by molar-refractivity contribution is 5.79. The van der Waals surface area contributed by atoms with Gasteiger partial charge in [0.1, 0.15) is 5.60 Å². The highest BCUT2D eigenvalue weighted by Gasteiger charge is 2.49. The third-order valence-corrected chi connectivity index (χ3v) is 4.09. The third-order valence-electron chi connectivity index (χ3n) is 4.09. The zero-order chi connectivity index (χ0) is 13.2. The molecule has 0 aliphatic carbocycles. The molecule has 2 rings (SSSR count). The lowest BCUT2D eigenvalue weighted by Gasteiger charge is -2.53.